The van der Waals surface area contributed by atoms with Crippen LogP contribution in [0.15, 0.2) is 23.1 Å². The van der Waals surface area contributed by atoms with Crippen LogP contribution >= 0.6 is 0 Å². The van der Waals surface area contributed by atoms with Crippen molar-refractivity contribution in [1.82, 2.24) is 9.62 Å². The van der Waals surface area contributed by atoms with E-state index in [-0.39, 0.29) is 0 Å². The first kappa shape index (κ1) is 14.8. The summed E-state index contributed by atoms with van der Waals surface area (Å²) in [6.07, 6.45) is 3.79. The van der Waals surface area contributed by atoms with E-state index in [9.17, 15) is 8.42 Å². The molecule has 1 aliphatic heterocycles. The first-order valence-electron chi connectivity index (χ1n) is 7.54. The Hall–Kier alpha value is -1.11. The van der Waals surface area contributed by atoms with Crippen LogP contribution in [0.4, 0.5) is 5.69 Å². The van der Waals surface area contributed by atoms with Crippen LogP contribution in [0.5, 0.6) is 0 Å². The van der Waals surface area contributed by atoms with Crippen molar-refractivity contribution in [2.75, 3.05) is 25.5 Å². The van der Waals surface area contributed by atoms with Crippen molar-refractivity contribution in [2.45, 2.75) is 43.2 Å². The van der Waals surface area contributed by atoms with Gasteiger partial charge in [0, 0.05) is 30.9 Å². The molecule has 1 saturated carbocycles. The maximum atomic E-state index is 12.0. The van der Waals surface area contributed by atoms with Crippen molar-refractivity contribution < 1.29 is 8.42 Å². The third-order valence-corrected chi connectivity index (χ3v) is 5.96. The van der Waals surface area contributed by atoms with Gasteiger partial charge in [-0.05, 0) is 50.9 Å². The van der Waals surface area contributed by atoms with Crippen LogP contribution in [-0.4, -0.2) is 45.5 Å². The standard InChI is InChI=1S/C15H23N3O2S/c1-11-3-4-12(9-15(11)21(19,20)16-2)17-13-7-8-18(10-13)14-5-6-14/h3-4,9,13-14,16-17H,5-8,10H2,1-2H3. The first-order valence-corrected chi connectivity index (χ1v) is 9.03. The van der Waals surface area contributed by atoms with Gasteiger partial charge < -0.3 is 5.32 Å². The van der Waals surface area contributed by atoms with Crippen LogP contribution in [0, 0.1) is 6.92 Å². The molecule has 21 heavy (non-hydrogen) atoms. The number of rotatable bonds is 5. The van der Waals surface area contributed by atoms with Crippen molar-refractivity contribution in [3.05, 3.63) is 23.8 Å². The molecule has 3 rings (SSSR count). The van der Waals surface area contributed by atoms with Gasteiger partial charge in [0.2, 0.25) is 10.0 Å². The number of nitrogens with zero attached hydrogens (tertiary/aromatic N) is 1. The van der Waals surface area contributed by atoms with E-state index in [0.29, 0.717) is 10.9 Å². The van der Waals surface area contributed by atoms with Crippen LogP contribution in [0.25, 0.3) is 0 Å². The first-order chi connectivity index (χ1) is 9.99. The van der Waals surface area contributed by atoms with E-state index >= 15 is 0 Å². The number of sulfonamides is 1. The maximum absolute atomic E-state index is 12.0. The van der Waals surface area contributed by atoms with Crippen molar-refractivity contribution in [1.29, 1.82) is 0 Å². The zero-order valence-electron chi connectivity index (χ0n) is 12.6. The summed E-state index contributed by atoms with van der Waals surface area (Å²) in [6.45, 7) is 4.03. The lowest BCUT2D eigenvalue weighted by Crippen LogP contribution is -2.28. The molecule has 0 spiro atoms. The summed E-state index contributed by atoms with van der Waals surface area (Å²) in [5.74, 6) is 0. The molecule has 0 amide bonds. The fraction of sp³-hybridized carbons (Fsp3) is 0.600. The van der Waals surface area contributed by atoms with Crippen LogP contribution in [0.2, 0.25) is 0 Å². The van der Waals surface area contributed by atoms with Gasteiger partial charge in [0.05, 0.1) is 4.90 Å². The van der Waals surface area contributed by atoms with Crippen molar-refractivity contribution in [2.24, 2.45) is 0 Å². The highest BCUT2D eigenvalue weighted by atomic mass is 32.2. The Morgan fingerprint density at radius 1 is 1.24 bits per heavy atom. The highest BCUT2D eigenvalue weighted by molar-refractivity contribution is 7.89. The number of benzene rings is 1. The second-order valence-electron chi connectivity index (χ2n) is 6.04. The van der Waals surface area contributed by atoms with E-state index in [2.05, 4.69) is 14.9 Å². The fourth-order valence-electron chi connectivity index (χ4n) is 3.00. The average molecular weight is 309 g/mol. The monoisotopic (exact) mass is 309 g/mol. The number of hydrogen-bond donors (Lipinski definition) is 2. The number of aryl methyl sites for hydroxylation is 1. The summed E-state index contributed by atoms with van der Waals surface area (Å²) in [6, 6.07) is 6.78. The summed E-state index contributed by atoms with van der Waals surface area (Å²) in [7, 11) is -1.96. The second-order valence-corrected chi connectivity index (χ2v) is 7.90. The predicted molar refractivity (Wildman–Crippen MR) is 84.0 cm³/mol. The smallest absolute Gasteiger partial charge is 0.240 e. The fourth-order valence-corrected chi connectivity index (χ4v) is 4.00. The lowest BCUT2D eigenvalue weighted by Gasteiger charge is -2.17. The zero-order valence-corrected chi connectivity index (χ0v) is 13.4. The molecule has 1 aliphatic carbocycles. The van der Waals surface area contributed by atoms with E-state index < -0.39 is 10.0 Å². The van der Waals surface area contributed by atoms with Crippen LogP contribution in [-0.2, 0) is 10.0 Å². The van der Waals surface area contributed by atoms with Crippen molar-refractivity contribution in [3.63, 3.8) is 0 Å². The molecule has 2 N–H and O–H groups in total. The molecular formula is C15H23N3O2S. The van der Waals surface area contributed by atoms with Gasteiger partial charge in [-0.3, -0.25) is 4.90 Å². The molecule has 1 unspecified atom stereocenters. The highest BCUT2D eigenvalue weighted by Gasteiger charge is 2.34. The quantitative estimate of drug-likeness (QED) is 0.866. The lowest BCUT2D eigenvalue weighted by molar-refractivity contribution is 0.326. The maximum Gasteiger partial charge on any atom is 0.240 e. The molecule has 2 fully saturated rings. The molecule has 116 valence electrons. The largest absolute Gasteiger partial charge is 0.381 e. The molecule has 1 atom stereocenters. The second kappa shape index (κ2) is 5.59. The molecule has 1 aromatic carbocycles. The zero-order chi connectivity index (χ0) is 15.0. The molecule has 0 bridgehead atoms. The molecule has 6 heteroatoms. The van der Waals surface area contributed by atoms with E-state index in [4.69, 9.17) is 0 Å². The van der Waals surface area contributed by atoms with Gasteiger partial charge in [-0.15, -0.1) is 0 Å². The molecule has 0 radical (unpaired) electrons. The van der Waals surface area contributed by atoms with Gasteiger partial charge in [0.25, 0.3) is 0 Å². The summed E-state index contributed by atoms with van der Waals surface area (Å²) >= 11 is 0. The number of anilines is 1. The highest BCUT2D eigenvalue weighted by Crippen LogP contribution is 2.31. The number of hydrogen-bond acceptors (Lipinski definition) is 4. The van der Waals surface area contributed by atoms with E-state index in [1.807, 2.05) is 19.1 Å². The predicted octanol–water partition coefficient (Wildman–Crippen LogP) is 1.55. The van der Waals surface area contributed by atoms with Crippen LogP contribution < -0.4 is 10.0 Å². The minimum absolute atomic E-state index is 0.354. The Balaban J connectivity index is 1.73. The van der Waals surface area contributed by atoms with E-state index in [1.54, 1.807) is 6.07 Å². The topological polar surface area (TPSA) is 61.4 Å². The third kappa shape index (κ3) is 3.22. The van der Waals surface area contributed by atoms with Gasteiger partial charge in [-0.25, -0.2) is 13.1 Å². The van der Waals surface area contributed by atoms with Gasteiger partial charge in [0.1, 0.15) is 0 Å². The number of nitrogens with one attached hydrogen (secondary N) is 2. The van der Waals surface area contributed by atoms with Gasteiger partial charge in [-0.1, -0.05) is 6.07 Å². The van der Waals surface area contributed by atoms with Gasteiger partial charge in [-0.2, -0.15) is 0 Å². The molecule has 1 saturated heterocycles. The van der Waals surface area contributed by atoms with E-state index in [1.165, 1.54) is 19.9 Å². The van der Waals surface area contributed by atoms with Crippen LogP contribution in [0.1, 0.15) is 24.8 Å². The molecular weight excluding hydrogens is 286 g/mol. The summed E-state index contributed by atoms with van der Waals surface area (Å²) in [5.41, 5.74) is 1.65. The molecule has 2 aliphatic rings. The van der Waals surface area contributed by atoms with Crippen LogP contribution in [0.3, 0.4) is 0 Å². The molecule has 0 aromatic heterocycles. The Kier molecular flexibility index (Phi) is 3.94. The van der Waals surface area contributed by atoms with E-state index in [0.717, 1.165) is 36.8 Å². The summed E-state index contributed by atoms with van der Waals surface area (Å²) in [4.78, 5) is 2.89. The van der Waals surface area contributed by atoms with Gasteiger partial charge >= 0.3 is 0 Å². The third-order valence-electron chi connectivity index (χ3n) is 4.40. The minimum atomic E-state index is -3.40. The number of likely N-dealkylation sites (tertiary alicyclic amines) is 1. The average Bonchev–Trinajstić information content (AvgIpc) is 3.21. The molecule has 5 nitrogen and oxygen atoms in total. The Morgan fingerprint density at radius 3 is 2.67 bits per heavy atom. The van der Waals surface area contributed by atoms with Gasteiger partial charge in [0.15, 0.2) is 0 Å². The van der Waals surface area contributed by atoms with Crippen molar-refractivity contribution >= 4 is 15.7 Å². The molecule has 1 heterocycles. The minimum Gasteiger partial charge on any atom is -0.381 e. The van der Waals surface area contributed by atoms with Crippen molar-refractivity contribution in [3.8, 4) is 0 Å². The Labute approximate surface area is 126 Å². The Morgan fingerprint density at radius 2 is 2.00 bits per heavy atom. The SMILES string of the molecule is CNS(=O)(=O)c1cc(NC2CCN(C3CC3)C2)ccc1C. The summed E-state index contributed by atoms with van der Waals surface area (Å²) in [5, 5.41) is 3.48. The molecule has 1 aromatic rings. The Bertz CT molecular complexity index is 626. The summed E-state index contributed by atoms with van der Waals surface area (Å²) < 4.78 is 26.4. The normalized spacial score (nSPS) is 23.4. The lowest BCUT2D eigenvalue weighted by atomic mass is 10.2.